The SMILES string of the molecule is COCc1nn2c(c1Br)C[C@H]1C[C@H]12. The molecule has 13 heavy (non-hydrogen) atoms. The van der Waals surface area contributed by atoms with E-state index < -0.39 is 0 Å². The standard InChI is InChI=1S/C9H11BrN2O/c1-13-4-6-9(10)8-3-5-2-7(5)12(8)11-6/h5,7H,2-4H2,1H3/t5-,7-/m1/s1. The Bertz CT molecular complexity index is 361. The Labute approximate surface area is 85.2 Å². The Hall–Kier alpha value is -0.350. The van der Waals surface area contributed by atoms with E-state index in [0.29, 0.717) is 12.6 Å². The van der Waals surface area contributed by atoms with Gasteiger partial charge in [0.2, 0.25) is 0 Å². The van der Waals surface area contributed by atoms with Crippen molar-refractivity contribution in [3.8, 4) is 0 Å². The number of aromatic nitrogens is 2. The van der Waals surface area contributed by atoms with Crippen LogP contribution in [0.25, 0.3) is 0 Å². The van der Waals surface area contributed by atoms with E-state index in [4.69, 9.17) is 4.74 Å². The summed E-state index contributed by atoms with van der Waals surface area (Å²) in [7, 11) is 1.71. The Balaban J connectivity index is 2.02. The normalized spacial score (nSPS) is 28.8. The summed E-state index contributed by atoms with van der Waals surface area (Å²) in [5.41, 5.74) is 2.41. The second-order valence-electron chi connectivity index (χ2n) is 3.85. The molecule has 0 bridgehead atoms. The van der Waals surface area contributed by atoms with Crippen LogP contribution in [0.5, 0.6) is 0 Å². The van der Waals surface area contributed by atoms with Crippen LogP contribution in [0.15, 0.2) is 4.47 Å². The van der Waals surface area contributed by atoms with Gasteiger partial charge in [0.05, 0.1) is 22.8 Å². The molecule has 1 aliphatic carbocycles. The van der Waals surface area contributed by atoms with E-state index in [1.165, 1.54) is 23.0 Å². The summed E-state index contributed by atoms with van der Waals surface area (Å²) in [5, 5.41) is 4.55. The van der Waals surface area contributed by atoms with Crippen LogP contribution in [0, 0.1) is 5.92 Å². The number of methoxy groups -OCH3 is 1. The lowest BCUT2D eigenvalue weighted by atomic mass is 10.2. The maximum Gasteiger partial charge on any atom is 0.103 e. The predicted molar refractivity (Wildman–Crippen MR) is 51.5 cm³/mol. The van der Waals surface area contributed by atoms with Gasteiger partial charge in [-0.3, -0.25) is 4.68 Å². The maximum atomic E-state index is 5.09. The molecule has 1 aliphatic heterocycles. The Morgan fingerprint density at radius 3 is 3.23 bits per heavy atom. The lowest BCUT2D eigenvalue weighted by Crippen LogP contribution is -1.97. The molecule has 0 radical (unpaired) electrons. The lowest BCUT2D eigenvalue weighted by Gasteiger charge is -1.95. The van der Waals surface area contributed by atoms with Gasteiger partial charge in [-0.15, -0.1) is 0 Å². The Morgan fingerprint density at radius 2 is 2.54 bits per heavy atom. The van der Waals surface area contributed by atoms with Crippen LogP contribution >= 0.6 is 15.9 Å². The van der Waals surface area contributed by atoms with Crippen molar-refractivity contribution in [1.82, 2.24) is 9.78 Å². The molecule has 1 fully saturated rings. The number of rotatable bonds is 2. The van der Waals surface area contributed by atoms with Crippen LogP contribution in [-0.4, -0.2) is 16.9 Å². The number of fused-ring (bicyclic) bond motifs is 3. The molecule has 0 N–H and O–H groups in total. The van der Waals surface area contributed by atoms with E-state index >= 15 is 0 Å². The minimum absolute atomic E-state index is 0.609. The van der Waals surface area contributed by atoms with Gasteiger partial charge in [-0.25, -0.2) is 0 Å². The molecule has 0 spiro atoms. The molecule has 0 amide bonds. The maximum absolute atomic E-state index is 5.09. The van der Waals surface area contributed by atoms with E-state index in [9.17, 15) is 0 Å². The first-order chi connectivity index (χ1) is 6.31. The first-order valence-electron chi connectivity index (χ1n) is 4.56. The summed E-state index contributed by atoms with van der Waals surface area (Å²) in [6.07, 6.45) is 2.52. The number of hydrogen-bond donors (Lipinski definition) is 0. The molecule has 70 valence electrons. The zero-order valence-corrected chi connectivity index (χ0v) is 9.04. The molecule has 0 aromatic carbocycles. The van der Waals surface area contributed by atoms with Crippen LogP contribution in [-0.2, 0) is 17.8 Å². The number of nitrogens with zero attached hydrogens (tertiary/aromatic N) is 2. The summed E-state index contributed by atoms with van der Waals surface area (Å²) in [4.78, 5) is 0. The van der Waals surface area contributed by atoms with Gasteiger partial charge >= 0.3 is 0 Å². The molecule has 1 saturated carbocycles. The van der Waals surface area contributed by atoms with Gasteiger partial charge in [0.1, 0.15) is 5.69 Å². The van der Waals surface area contributed by atoms with Crippen molar-refractivity contribution in [3.63, 3.8) is 0 Å². The van der Waals surface area contributed by atoms with Crippen molar-refractivity contribution < 1.29 is 4.74 Å². The van der Waals surface area contributed by atoms with Crippen molar-refractivity contribution in [1.29, 1.82) is 0 Å². The number of halogens is 1. The predicted octanol–water partition coefficient (Wildman–Crippen LogP) is 1.91. The van der Waals surface area contributed by atoms with Crippen LogP contribution in [0.3, 0.4) is 0 Å². The van der Waals surface area contributed by atoms with Crippen LogP contribution in [0.2, 0.25) is 0 Å². The van der Waals surface area contributed by atoms with Gasteiger partial charge in [0.25, 0.3) is 0 Å². The molecular formula is C9H11BrN2O. The fourth-order valence-electron chi connectivity index (χ4n) is 2.19. The molecule has 2 aliphatic rings. The fraction of sp³-hybridized carbons (Fsp3) is 0.667. The van der Waals surface area contributed by atoms with Crippen molar-refractivity contribution in [2.24, 2.45) is 5.92 Å². The molecule has 1 aromatic heterocycles. The largest absolute Gasteiger partial charge is 0.378 e. The molecule has 0 unspecified atom stereocenters. The summed E-state index contributed by atoms with van der Waals surface area (Å²) in [6.45, 7) is 0.609. The lowest BCUT2D eigenvalue weighted by molar-refractivity contribution is 0.180. The van der Waals surface area contributed by atoms with Gasteiger partial charge in [-0.1, -0.05) is 0 Å². The first kappa shape index (κ1) is 8.00. The Kier molecular flexibility index (Phi) is 1.58. The summed E-state index contributed by atoms with van der Waals surface area (Å²) in [5.74, 6) is 0.885. The number of hydrogen-bond acceptors (Lipinski definition) is 2. The summed E-state index contributed by atoms with van der Waals surface area (Å²) >= 11 is 3.59. The molecule has 1 aromatic rings. The van der Waals surface area contributed by atoms with Crippen LogP contribution in [0.4, 0.5) is 0 Å². The van der Waals surface area contributed by atoms with Crippen molar-refractivity contribution >= 4 is 15.9 Å². The molecule has 2 atom stereocenters. The van der Waals surface area contributed by atoms with Crippen molar-refractivity contribution in [2.45, 2.75) is 25.5 Å². The van der Waals surface area contributed by atoms with Crippen molar-refractivity contribution in [2.75, 3.05) is 7.11 Å². The van der Waals surface area contributed by atoms with Crippen LogP contribution < -0.4 is 0 Å². The third kappa shape index (κ3) is 1.02. The average Bonchev–Trinajstić information content (AvgIpc) is 2.71. The van der Waals surface area contributed by atoms with Gasteiger partial charge in [0, 0.05) is 7.11 Å². The second kappa shape index (κ2) is 2.58. The number of ether oxygens (including phenoxy) is 1. The summed E-state index contributed by atoms with van der Waals surface area (Å²) in [6, 6.07) is 0.705. The highest BCUT2D eigenvalue weighted by Crippen LogP contribution is 2.52. The highest BCUT2D eigenvalue weighted by atomic mass is 79.9. The van der Waals surface area contributed by atoms with Crippen LogP contribution in [0.1, 0.15) is 23.9 Å². The summed E-state index contributed by atoms with van der Waals surface area (Å²) < 4.78 is 8.44. The van der Waals surface area contributed by atoms with E-state index in [-0.39, 0.29) is 0 Å². The zero-order valence-electron chi connectivity index (χ0n) is 7.46. The van der Waals surface area contributed by atoms with E-state index in [2.05, 4.69) is 25.7 Å². The van der Waals surface area contributed by atoms with E-state index in [0.717, 1.165) is 11.6 Å². The minimum Gasteiger partial charge on any atom is -0.378 e. The molecule has 3 nitrogen and oxygen atoms in total. The molecule has 4 heteroatoms. The smallest absolute Gasteiger partial charge is 0.103 e. The highest BCUT2D eigenvalue weighted by Gasteiger charge is 2.47. The third-order valence-corrected chi connectivity index (χ3v) is 3.86. The first-order valence-corrected chi connectivity index (χ1v) is 5.35. The monoisotopic (exact) mass is 242 g/mol. The zero-order chi connectivity index (χ0) is 9.00. The van der Waals surface area contributed by atoms with E-state index in [1.54, 1.807) is 7.11 Å². The second-order valence-corrected chi connectivity index (χ2v) is 4.65. The van der Waals surface area contributed by atoms with Crippen molar-refractivity contribution in [3.05, 3.63) is 15.9 Å². The van der Waals surface area contributed by atoms with E-state index in [1.807, 2.05) is 0 Å². The highest BCUT2D eigenvalue weighted by molar-refractivity contribution is 9.10. The van der Waals surface area contributed by atoms with Gasteiger partial charge in [-0.2, -0.15) is 5.10 Å². The molecule has 3 rings (SSSR count). The van der Waals surface area contributed by atoms with Gasteiger partial charge in [0.15, 0.2) is 0 Å². The molecule has 2 heterocycles. The van der Waals surface area contributed by atoms with Gasteiger partial charge in [-0.05, 0) is 34.7 Å². The fourth-order valence-corrected chi connectivity index (χ4v) is 2.72. The molecule has 0 saturated heterocycles. The Morgan fingerprint density at radius 1 is 1.69 bits per heavy atom. The van der Waals surface area contributed by atoms with Gasteiger partial charge < -0.3 is 4.74 Å². The topological polar surface area (TPSA) is 27.1 Å². The minimum atomic E-state index is 0.609. The average molecular weight is 243 g/mol. The third-order valence-electron chi connectivity index (χ3n) is 2.95. The molecular weight excluding hydrogens is 232 g/mol. The quantitative estimate of drug-likeness (QED) is 0.793.